The third-order valence-electron chi connectivity index (χ3n) is 4.15. The molecule has 0 unspecified atom stereocenters. The summed E-state index contributed by atoms with van der Waals surface area (Å²) in [7, 11) is 0. The number of nitrogens with one attached hydrogen (secondary N) is 1. The van der Waals surface area contributed by atoms with Crippen LogP contribution in [-0.2, 0) is 20.9 Å². The number of benzene rings is 1. The van der Waals surface area contributed by atoms with Crippen molar-refractivity contribution >= 4 is 23.5 Å². The summed E-state index contributed by atoms with van der Waals surface area (Å²) in [6.07, 6.45) is 0. The highest BCUT2D eigenvalue weighted by Crippen LogP contribution is 2.24. The van der Waals surface area contributed by atoms with Gasteiger partial charge in [0.25, 0.3) is 5.91 Å². The molecule has 1 aromatic carbocycles. The zero-order chi connectivity index (χ0) is 19.4. The van der Waals surface area contributed by atoms with E-state index in [2.05, 4.69) is 5.32 Å². The van der Waals surface area contributed by atoms with E-state index in [9.17, 15) is 14.4 Å². The Morgan fingerprint density at radius 3 is 2.42 bits per heavy atom. The number of carbonyl (C=O) groups is 3. The summed E-state index contributed by atoms with van der Waals surface area (Å²) < 4.78 is 5.27. The van der Waals surface area contributed by atoms with E-state index in [0.717, 1.165) is 5.69 Å². The first-order valence-corrected chi connectivity index (χ1v) is 8.77. The molecular weight excluding hydrogens is 336 g/mol. The van der Waals surface area contributed by atoms with E-state index < -0.39 is 11.9 Å². The molecule has 1 amide bonds. The Kier molecular flexibility index (Phi) is 6.23. The molecule has 26 heavy (non-hydrogen) atoms. The third-order valence-corrected chi connectivity index (χ3v) is 4.15. The number of likely N-dealkylation sites (tertiary alicyclic amines) is 1. The maximum atomic E-state index is 12.8. The molecule has 1 saturated heterocycles. The van der Waals surface area contributed by atoms with Gasteiger partial charge in [0.2, 0.25) is 0 Å². The van der Waals surface area contributed by atoms with Crippen LogP contribution in [0.1, 0.15) is 43.6 Å². The highest BCUT2D eigenvalue weighted by molar-refractivity contribution is 5.98. The van der Waals surface area contributed by atoms with Crippen LogP contribution in [0.2, 0.25) is 0 Å². The van der Waals surface area contributed by atoms with Crippen molar-refractivity contribution in [3.63, 3.8) is 0 Å². The lowest BCUT2D eigenvalue weighted by atomic mass is 9.97. The van der Waals surface area contributed by atoms with Gasteiger partial charge in [0, 0.05) is 35.9 Å². The first-order chi connectivity index (χ1) is 12.2. The summed E-state index contributed by atoms with van der Waals surface area (Å²) in [5.41, 5.74) is 1.82. The molecule has 0 atom stereocenters. The van der Waals surface area contributed by atoms with Crippen molar-refractivity contribution in [2.75, 3.05) is 18.4 Å². The maximum Gasteiger partial charge on any atom is 0.310 e. The number of aliphatic carboxylic acids is 1. The lowest BCUT2D eigenvalue weighted by Gasteiger charge is -2.37. The minimum Gasteiger partial charge on any atom is -0.481 e. The van der Waals surface area contributed by atoms with Crippen LogP contribution in [0.3, 0.4) is 0 Å². The average molecular weight is 362 g/mol. The quantitative estimate of drug-likeness (QED) is 0.723. The summed E-state index contributed by atoms with van der Waals surface area (Å²) in [5, 5.41) is 12.2. The van der Waals surface area contributed by atoms with Crippen molar-refractivity contribution < 1.29 is 24.2 Å². The first kappa shape index (κ1) is 19.8. The van der Waals surface area contributed by atoms with E-state index in [1.165, 1.54) is 4.90 Å². The number of nitrogens with zero attached hydrogens (tertiary/aromatic N) is 1. The molecule has 0 aliphatic carbocycles. The van der Waals surface area contributed by atoms with Crippen molar-refractivity contribution in [2.24, 2.45) is 11.8 Å². The summed E-state index contributed by atoms with van der Waals surface area (Å²) in [5.74, 6) is -2.23. The molecule has 1 aliphatic rings. The molecular formula is C19H26N2O5. The molecule has 1 heterocycles. The van der Waals surface area contributed by atoms with E-state index in [1.54, 1.807) is 26.0 Å². The van der Waals surface area contributed by atoms with Gasteiger partial charge in [-0.3, -0.25) is 14.4 Å². The maximum absolute atomic E-state index is 12.8. The molecule has 2 N–H and O–H groups in total. The normalized spacial score (nSPS) is 14.3. The van der Waals surface area contributed by atoms with Gasteiger partial charge in [0.05, 0.1) is 11.8 Å². The van der Waals surface area contributed by atoms with Gasteiger partial charge in [0.15, 0.2) is 0 Å². The standard InChI is InChI=1S/C19H26N2O5/c1-11(2)19(25)26-10-13-5-6-15(20-12(3)4)7-16(13)17(22)21-8-14(9-21)18(23)24/h5-7,11-12,14,20H,8-10H2,1-4H3,(H,23,24). The van der Waals surface area contributed by atoms with Crippen LogP contribution in [0, 0.1) is 11.8 Å². The summed E-state index contributed by atoms with van der Waals surface area (Å²) in [6.45, 7) is 7.88. The van der Waals surface area contributed by atoms with Crippen LogP contribution in [-0.4, -0.2) is 47.0 Å². The lowest BCUT2D eigenvalue weighted by molar-refractivity contribution is -0.149. The highest BCUT2D eigenvalue weighted by atomic mass is 16.5. The Labute approximate surface area is 153 Å². The van der Waals surface area contributed by atoms with Gasteiger partial charge in [-0.25, -0.2) is 0 Å². The number of carboxylic acids is 1. The van der Waals surface area contributed by atoms with Crippen LogP contribution < -0.4 is 5.32 Å². The summed E-state index contributed by atoms with van der Waals surface area (Å²) in [6, 6.07) is 5.53. The Morgan fingerprint density at radius 1 is 1.23 bits per heavy atom. The predicted octanol–water partition coefficient (Wildman–Crippen LogP) is 2.36. The molecule has 0 bridgehead atoms. The number of hydrogen-bond acceptors (Lipinski definition) is 5. The van der Waals surface area contributed by atoms with Gasteiger partial charge in [-0.2, -0.15) is 0 Å². The second-order valence-electron chi connectivity index (χ2n) is 7.18. The Hall–Kier alpha value is -2.57. The van der Waals surface area contributed by atoms with Crippen LogP contribution in [0.25, 0.3) is 0 Å². The van der Waals surface area contributed by atoms with E-state index in [1.807, 2.05) is 19.9 Å². The molecule has 1 aliphatic heterocycles. The third kappa shape index (κ3) is 4.74. The SMILES string of the molecule is CC(C)Nc1ccc(COC(=O)C(C)C)c(C(=O)N2CC(C(=O)O)C2)c1. The molecule has 0 radical (unpaired) electrons. The Morgan fingerprint density at radius 2 is 1.88 bits per heavy atom. The minimum absolute atomic E-state index is 0.0102. The van der Waals surface area contributed by atoms with E-state index >= 15 is 0 Å². The zero-order valence-corrected chi connectivity index (χ0v) is 15.6. The van der Waals surface area contributed by atoms with Crippen molar-refractivity contribution in [2.45, 2.75) is 40.3 Å². The zero-order valence-electron chi connectivity index (χ0n) is 15.6. The van der Waals surface area contributed by atoms with E-state index in [4.69, 9.17) is 9.84 Å². The van der Waals surface area contributed by atoms with Crippen LogP contribution >= 0.6 is 0 Å². The van der Waals surface area contributed by atoms with Gasteiger partial charge < -0.3 is 20.1 Å². The number of carboxylic acid groups (broad SMARTS) is 1. The van der Waals surface area contributed by atoms with Crippen molar-refractivity contribution in [3.05, 3.63) is 29.3 Å². The van der Waals surface area contributed by atoms with Crippen molar-refractivity contribution in [1.29, 1.82) is 0 Å². The van der Waals surface area contributed by atoms with E-state index in [0.29, 0.717) is 11.1 Å². The topological polar surface area (TPSA) is 95.9 Å². The number of hydrogen-bond donors (Lipinski definition) is 2. The largest absolute Gasteiger partial charge is 0.481 e. The van der Waals surface area contributed by atoms with Crippen LogP contribution in [0.15, 0.2) is 18.2 Å². The fourth-order valence-electron chi connectivity index (χ4n) is 2.61. The van der Waals surface area contributed by atoms with Gasteiger partial charge in [0.1, 0.15) is 6.61 Å². The van der Waals surface area contributed by atoms with Crippen LogP contribution in [0.4, 0.5) is 5.69 Å². The first-order valence-electron chi connectivity index (χ1n) is 8.77. The fraction of sp³-hybridized carbons (Fsp3) is 0.526. The molecule has 1 aromatic rings. The number of ether oxygens (including phenoxy) is 1. The second kappa shape index (κ2) is 8.21. The molecule has 0 spiro atoms. The van der Waals surface area contributed by atoms with Crippen LogP contribution in [0.5, 0.6) is 0 Å². The van der Waals surface area contributed by atoms with Crippen molar-refractivity contribution in [1.82, 2.24) is 4.90 Å². The number of amides is 1. The number of anilines is 1. The van der Waals surface area contributed by atoms with Gasteiger partial charge in [-0.1, -0.05) is 19.9 Å². The molecule has 7 nitrogen and oxygen atoms in total. The molecule has 0 saturated carbocycles. The highest BCUT2D eigenvalue weighted by Gasteiger charge is 2.36. The fourth-order valence-corrected chi connectivity index (χ4v) is 2.61. The predicted molar refractivity (Wildman–Crippen MR) is 96.9 cm³/mol. The average Bonchev–Trinajstić information content (AvgIpc) is 2.50. The second-order valence-corrected chi connectivity index (χ2v) is 7.18. The summed E-state index contributed by atoms with van der Waals surface area (Å²) in [4.78, 5) is 37.0. The number of esters is 1. The Bertz CT molecular complexity index is 693. The van der Waals surface area contributed by atoms with Gasteiger partial charge in [-0.05, 0) is 26.0 Å². The summed E-state index contributed by atoms with van der Waals surface area (Å²) >= 11 is 0. The lowest BCUT2D eigenvalue weighted by Crippen LogP contribution is -2.53. The van der Waals surface area contributed by atoms with Gasteiger partial charge >= 0.3 is 11.9 Å². The monoisotopic (exact) mass is 362 g/mol. The van der Waals surface area contributed by atoms with Gasteiger partial charge in [-0.15, -0.1) is 0 Å². The van der Waals surface area contributed by atoms with Crippen molar-refractivity contribution in [3.8, 4) is 0 Å². The molecule has 142 valence electrons. The molecule has 0 aromatic heterocycles. The molecule has 1 fully saturated rings. The Balaban J connectivity index is 2.20. The molecule has 7 heteroatoms. The minimum atomic E-state index is -0.893. The van der Waals surface area contributed by atoms with E-state index in [-0.39, 0.29) is 43.5 Å². The molecule has 2 rings (SSSR count). The smallest absolute Gasteiger partial charge is 0.310 e. The number of carbonyl (C=O) groups excluding carboxylic acids is 2. The number of rotatable bonds is 7.